The fourth-order valence-electron chi connectivity index (χ4n) is 3.80. The van der Waals surface area contributed by atoms with Crippen molar-refractivity contribution < 1.29 is 28.2 Å². The molecule has 41 heavy (non-hydrogen) atoms. The zero-order valence-electron chi connectivity index (χ0n) is 22.4. The molecule has 0 aromatic heterocycles. The largest absolute Gasteiger partial charge is 0.497 e. The van der Waals surface area contributed by atoms with Crippen LogP contribution in [-0.2, 0) is 4.79 Å². The summed E-state index contributed by atoms with van der Waals surface area (Å²) in [4.78, 5) is 38.7. The Morgan fingerprint density at radius 3 is 2.15 bits per heavy atom. The Bertz CT molecular complexity index is 1600. The van der Waals surface area contributed by atoms with Gasteiger partial charge in [-0.1, -0.05) is 30.3 Å². The summed E-state index contributed by atoms with van der Waals surface area (Å²) in [5.41, 5.74) is 2.38. The molecule has 0 spiro atoms. The third-order valence-electron chi connectivity index (χ3n) is 5.99. The number of methoxy groups -OCH3 is 2. The van der Waals surface area contributed by atoms with E-state index in [1.54, 1.807) is 86.0 Å². The summed E-state index contributed by atoms with van der Waals surface area (Å²) in [6.45, 7) is 0. The van der Waals surface area contributed by atoms with E-state index < -0.39 is 17.6 Å². The van der Waals surface area contributed by atoms with Crippen molar-refractivity contribution in [1.29, 1.82) is 0 Å². The van der Waals surface area contributed by atoms with E-state index in [1.807, 2.05) is 0 Å². The third kappa shape index (κ3) is 7.77. The molecule has 8 heteroatoms. The molecule has 7 nitrogen and oxygen atoms in total. The molecular formula is C33H27FN2O5. The molecule has 0 saturated heterocycles. The lowest BCUT2D eigenvalue weighted by Crippen LogP contribution is -2.30. The van der Waals surface area contributed by atoms with Crippen LogP contribution in [0.2, 0.25) is 0 Å². The lowest BCUT2D eigenvalue weighted by atomic mass is 10.1. The monoisotopic (exact) mass is 550 g/mol. The molecule has 0 fully saturated rings. The Morgan fingerprint density at radius 2 is 1.49 bits per heavy atom. The molecule has 0 unspecified atom stereocenters. The number of anilines is 1. The zero-order chi connectivity index (χ0) is 29.2. The maximum Gasteiger partial charge on any atom is 0.272 e. The van der Waals surface area contributed by atoms with Gasteiger partial charge in [-0.25, -0.2) is 4.39 Å². The van der Waals surface area contributed by atoms with E-state index in [0.717, 1.165) is 0 Å². The molecule has 0 heterocycles. The molecule has 206 valence electrons. The highest BCUT2D eigenvalue weighted by molar-refractivity contribution is 6.11. The second kappa shape index (κ2) is 13.5. The fourth-order valence-corrected chi connectivity index (χ4v) is 3.80. The van der Waals surface area contributed by atoms with Gasteiger partial charge in [-0.05, 0) is 84.5 Å². The minimum atomic E-state index is -0.593. The quantitative estimate of drug-likeness (QED) is 0.183. The topological polar surface area (TPSA) is 93.7 Å². The maximum atomic E-state index is 13.4. The highest BCUT2D eigenvalue weighted by atomic mass is 19.1. The van der Waals surface area contributed by atoms with Crippen molar-refractivity contribution in [2.24, 2.45) is 0 Å². The van der Waals surface area contributed by atoms with Gasteiger partial charge in [0.05, 0.1) is 14.2 Å². The van der Waals surface area contributed by atoms with Crippen LogP contribution in [0.1, 0.15) is 31.8 Å². The molecule has 4 aromatic rings. The fraction of sp³-hybridized carbons (Fsp3) is 0.0606. The first-order valence-corrected chi connectivity index (χ1v) is 12.6. The maximum absolute atomic E-state index is 13.4. The van der Waals surface area contributed by atoms with E-state index in [4.69, 9.17) is 9.47 Å². The van der Waals surface area contributed by atoms with Crippen LogP contribution in [0.3, 0.4) is 0 Å². The van der Waals surface area contributed by atoms with E-state index in [9.17, 15) is 18.8 Å². The molecule has 4 rings (SSSR count). The number of rotatable bonds is 10. The standard InChI is InChI=1S/C33H27FN2O5/c1-40-28-18-12-24(31(21-28)41-2)13-19-30(37)23-10-16-27(17-11-23)35-33(39)29(20-22-8-14-26(34)15-9-22)36-32(38)25-6-4-3-5-7-25/h3-21H,1-2H3,(H,35,39)(H,36,38)/b19-13+,29-20-. The van der Waals surface area contributed by atoms with Crippen LogP contribution in [0.5, 0.6) is 11.5 Å². The predicted molar refractivity (Wildman–Crippen MR) is 156 cm³/mol. The van der Waals surface area contributed by atoms with Gasteiger partial charge in [0.15, 0.2) is 5.78 Å². The summed E-state index contributed by atoms with van der Waals surface area (Å²) >= 11 is 0. The minimum absolute atomic E-state index is 0.0398. The highest BCUT2D eigenvalue weighted by Crippen LogP contribution is 2.26. The summed E-state index contributed by atoms with van der Waals surface area (Å²) in [5.74, 6) is -0.532. The van der Waals surface area contributed by atoms with Gasteiger partial charge in [-0.15, -0.1) is 0 Å². The van der Waals surface area contributed by atoms with Crippen molar-refractivity contribution in [3.8, 4) is 11.5 Å². The normalized spacial score (nSPS) is 11.1. The number of amides is 2. The van der Waals surface area contributed by atoms with Crippen LogP contribution < -0.4 is 20.1 Å². The second-order valence-corrected chi connectivity index (χ2v) is 8.77. The van der Waals surface area contributed by atoms with Gasteiger partial charge in [0, 0.05) is 28.4 Å². The minimum Gasteiger partial charge on any atom is -0.497 e. The Labute approximate surface area is 236 Å². The van der Waals surface area contributed by atoms with Gasteiger partial charge in [-0.3, -0.25) is 14.4 Å². The number of carbonyl (C=O) groups excluding carboxylic acids is 3. The molecule has 0 aliphatic carbocycles. The van der Waals surface area contributed by atoms with Gasteiger partial charge in [0.2, 0.25) is 0 Å². The molecule has 0 saturated carbocycles. The molecule has 4 aromatic carbocycles. The van der Waals surface area contributed by atoms with Crippen molar-refractivity contribution in [2.75, 3.05) is 19.5 Å². The molecule has 0 bridgehead atoms. The van der Waals surface area contributed by atoms with Crippen LogP contribution >= 0.6 is 0 Å². The first kappa shape index (κ1) is 28.5. The third-order valence-corrected chi connectivity index (χ3v) is 5.99. The van der Waals surface area contributed by atoms with Crippen molar-refractivity contribution in [3.63, 3.8) is 0 Å². The van der Waals surface area contributed by atoms with Crippen LogP contribution in [0.4, 0.5) is 10.1 Å². The number of ketones is 1. The number of nitrogens with one attached hydrogen (secondary N) is 2. The van der Waals surface area contributed by atoms with Gasteiger partial charge >= 0.3 is 0 Å². The van der Waals surface area contributed by atoms with E-state index in [-0.39, 0.29) is 11.5 Å². The molecule has 0 aliphatic rings. The van der Waals surface area contributed by atoms with Crippen molar-refractivity contribution in [1.82, 2.24) is 5.32 Å². The smallest absolute Gasteiger partial charge is 0.272 e. The number of hydrogen-bond acceptors (Lipinski definition) is 5. The number of ether oxygens (including phenoxy) is 2. The number of halogens is 1. The number of allylic oxidation sites excluding steroid dienone is 1. The first-order chi connectivity index (χ1) is 19.9. The average molecular weight is 551 g/mol. The summed E-state index contributed by atoms with van der Waals surface area (Å²) in [7, 11) is 3.09. The SMILES string of the molecule is COc1ccc(/C=C/C(=O)c2ccc(NC(=O)/C(=C/c3ccc(F)cc3)NC(=O)c3ccccc3)cc2)c(OC)c1. The molecule has 2 N–H and O–H groups in total. The summed E-state index contributed by atoms with van der Waals surface area (Å²) in [6, 6.07) is 25.6. The van der Waals surface area contributed by atoms with Crippen LogP contribution in [0, 0.1) is 5.82 Å². The zero-order valence-corrected chi connectivity index (χ0v) is 22.4. The second-order valence-electron chi connectivity index (χ2n) is 8.77. The lowest BCUT2D eigenvalue weighted by Gasteiger charge is -2.12. The van der Waals surface area contributed by atoms with Crippen LogP contribution in [0.25, 0.3) is 12.2 Å². The van der Waals surface area contributed by atoms with Crippen LogP contribution in [-0.4, -0.2) is 31.8 Å². The summed E-state index contributed by atoms with van der Waals surface area (Å²) < 4.78 is 23.9. The lowest BCUT2D eigenvalue weighted by molar-refractivity contribution is -0.113. The van der Waals surface area contributed by atoms with E-state index in [1.165, 1.54) is 43.5 Å². The predicted octanol–water partition coefficient (Wildman–Crippen LogP) is 6.15. The first-order valence-electron chi connectivity index (χ1n) is 12.6. The summed E-state index contributed by atoms with van der Waals surface area (Å²) in [5, 5.41) is 5.36. The van der Waals surface area contributed by atoms with Crippen molar-refractivity contribution in [3.05, 3.63) is 137 Å². The van der Waals surface area contributed by atoms with Gasteiger partial charge in [0.1, 0.15) is 23.0 Å². The molecular weight excluding hydrogens is 523 g/mol. The Balaban J connectivity index is 1.48. The Morgan fingerprint density at radius 1 is 0.780 bits per heavy atom. The molecule has 0 radical (unpaired) electrons. The van der Waals surface area contributed by atoms with Gasteiger partial charge in [0.25, 0.3) is 11.8 Å². The number of benzene rings is 4. The average Bonchev–Trinajstić information content (AvgIpc) is 3.01. The van der Waals surface area contributed by atoms with Crippen LogP contribution in [0.15, 0.2) is 109 Å². The van der Waals surface area contributed by atoms with E-state index in [0.29, 0.717) is 39.4 Å². The Kier molecular flexibility index (Phi) is 9.41. The van der Waals surface area contributed by atoms with Crippen molar-refractivity contribution in [2.45, 2.75) is 0 Å². The van der Waals surface area contributed by atoms with Crippen molar-refractivity contribution >= 4 is 35.4 Å². The van der Waals surface area contributed by atoms with E-state index >= 15 is 0 Å². The summed E-state index contributed by atoms with van der Waals surface area (Å²) in [6.07, 6.45) is 4.53. The van der Waals surface area contributed by atoms with Gasteiger partial charge in [-0.2, -0.15) is 0 Å². The van der Waals surface area contributed by atoms with E-state index in [2.05, 4.69) is 10.6 Å². The molecule has 0 aliphatic heterocycles. The highest BCUT2D eigenvalue weighted by Gasteiger charge is 2.15. The molecule has 2 amide bonds. The number of hydrogen-bond donors (Lipinski definition) is 2. The number of carbonyl (C=O) groups is 3. The van der Waals surface area contributed by atoms with Gasteiger partial charge < -0.3 is 20.1 Å². The Hall–Kier alpha value is -5.50. The molecule has 0 atom stereocenters.